The number of nitrogens with one attached hydrogen (secondary N) is 2. The lowest BCUT2D eigenvalue weighted by molar-refractivity contribution is -0.115. The molecule has 0 aliphatic rings. The highest BCUT2D eigenvalue weighted by Crippen LogP contribution is 2.15. The molecule has 0 spiro atoms. The van der Waals surface area contributed by atoms with Crippen molar-refractivity contribution in [2.75, 3.05) is 25.0 Å². The fraction of sp³-hybridized carbons (Fsp3) is 0.533. The Morgan fingerprint density at radius 2 is 2.20 bits per heavy atom. The number of carbonyl (C=O) groups excluding carboxylic acids is 1. The maximum Gasteiger partial charge on any atom is 0.238 e. The minimum Gasteiger partial charge on any atom is -0.396 e. The van der Waals surface area contributed by atoms with Gasteiger partial charge in [0.2, 0.25) is 5.91 Å². The maximum atomic E-state index is 11.8. The van der Waals surface area contributed by atoms with Crippen LogP contribution in [0.4, 0.5) is 5.69 Å². The fourth-order valence-electron chi connectivity index (χ4n) is 2.10. The van der Waals surface area contributed by atoms with Crippen molar-refractivity contribution in [3.63, 3.8) is 0 Å². The summed E-state index contributed by atoms with van der Waals surface area (Å²) in [5.41, 5.74) is 0.784. The van der Waals surface area contributed by atoms with Gasteiger partial charge < -0.3 is 15.7 Å². The first-order valence-electron chi connectivity index (χ1n) is 7.02. The predicted octanol–water partition coefficient (Wildman–Crippen LogP) is 2.78. The average Bonchev–Trinajstić information content (AvgIpc) is 2.39. The Kier molecular flexibility index (Phi) is 8.49. The molecule has 0 saturated carbocycles. The summed E-state index contributed by atoms with van der Waals surface area (Å²) in [6.45, 7) is 3.39. The average molecular weight is 343 g/mol. The molecule has 1 amide bonds. The molecule has 1 unspecified atom stereocenters. The van der Waals surface area contributed by atoms with Gasteiger partial charge in [-0.25, -0.2) is 0 Å². The van der Waals surface area contributed by atoms with Crippen LogP contribution in [-0.4, -0.2) is 30.7 Å². The number of hydrogen-bond acceptors (Lipinski definition) is 3. The Labute approximate surface area is 129 Å². The number of anilines is 1. The van der Waals surface area contributed by atoms with Crippen molar-refractivity contribution < 1.29 is 9.90 Å². The van der Waals surface area contributed by atoms with Crippen molar-refractivity contribution in [1.29, 1.82) is 0 Å². The lowest BCUT2D eigenvalue weighted by Gasteiger charge is -2.15. The Balaban J connectivity index is 2.28. The van der Waals surface area contributed by atoms with E-state index in [1.807, 2.05) is 24.3 Å². The Morgan fingerprint density at radius 1 is 1.40 bits per heavy atom. The zero-order valence-electron chi connectivity index (χ0n) is 11.9. The molecular weight excluding hydrogens is 320 g/mol. The molecule has 0 saturated heterocycles. The molecule has 1 rings (SSSR count). The largest absolute Gasteiger partial charge is 0.396 e. The van der Waals surface area contributed by atoms with Gasteiger partial charge in [-0.1, -0.05) is 35.3 Å². The van der Waals surface area contributed by atoms with Crippen LogP contribution in [0.1, 0.15) is 26.2 Å². The topological polar surface area (TPSA) is 61.4 Å². The molecule has 4 nitrogen and oxygen atoms in total. The monoisotopic (exact) mass is 342 g/mol. The van der Waals surface area contributed by atoms with Crippen LogP contribution < -0.4 is 10.6 Å². The van der Waals surface area contributed by atoms with E-state index >= 15 is 0 Å². The van der Waals surface area contributed by atoms with E-state index in [2.05, 4.69) is 33.5 Å². The molecule has 3 N–H and O–H groups in total. The van der Waals surface area contributed by atoms with Crippen molar-refractivity contribution in [2.45, 2.75) is 26.2 Å². The summed E-state index contributed by atoms with van der Waals surface area (Å²) in [5.74, 6) is 0.381. The summed E-state index contributed by atoms with van der Waals surface area (Å²) in [6, 6.07) is 7.52. The molecule has 0 bridgehead atoms. The van der Waals surface area contributed by atoms with Crippen molar-refractivity contribution in [3.05, 3.63) is 28.7 Å². The van der Waals surface area contributed by atoms with Crippen molar-refractivity contribution in [3.8, 4) is 0 Å². The highest BCUT2D eigenvalue weighted by atomic mass is 79.9. The number of rotatable bonds is 9. The number of halogens is 1. The molecule has 0 aliphatic heterocycles. The molecular formula is C15H23BrN2O2. The lowest BCUT2D eigenvalue weighted by Crippen LogP contribution is -2.32. The fourth-order valence-corrected chi connectivity index (χ4v) is 2.50. The van der Waals surface area contributed by atoms with Crippen LogP contribution in [0.2, 0.25) is 0 Å². The van der Waals surface area contributed by atoms with Gasteiger partial charge in [0.15, 0.2) is 0 Å². The number of amides is 1. The number of aliphatic hydroxyl groups excluding tert-OH is 1. The zero-order valence-corrected chi connectivity index (χ0v) is 13.4. The SMILES string of the molecule is CCCC(CCO)CNCC(=O)Nc1cccc(Br)c1. The highest BCUT2D eigenvalue weighted by molar-refractivity contribution is 9.10. The second-order valence-electron chi connectivity index (χ2n) is 4.86. The Morgan fingerprint density at radius 3 is 2.85 bits per heavy atom. The van der Waals surface area contributed by atoms with Crippen LogP contribution >= 0.6 is 15.9 Å². The van der Waals surface area contributed by atoms with E-state index in [9.17, 15) is 4.79 Å². The summed E-state index contributed by atoms with van der Waals surface area (Å²) >= 11 is 3.37. The van der Waals surface area contributed by atoms with E-state index in [1.165, 1.54) is 0 Å². The molecule has 0 aliphatic carbocycles. The standard InChI is InChI=1S/C15H23BrN2O2/c1-2-4-12(7-8-19)10-17-11-15(20)18-14-6-3-5-13(16)9-14/h3,5-6,9,12,17,19H,2,4,7-8,10-11H2,1H3,(H,18,20). The number of hydrogen-bond donors (Lipinski definition) is 3. The summed E-state index contributed by atoms with van der Waals surface area (Å²) in [6.07, 6.45) is 2.95. The van der Waals surface area contributed by atoms with Gasteiger partial charge in [-0.05, 0) is 43.5 Å². The lowest BCUT2D eigenvalue weighted by atomic mass is 10.0. The molecule has 112 valence electrons. The van der Waals surface area contributed by atoms with Gasteiger partial charge in [-0.3, -0.25) is 4.79 Å². The van der Waals surface area contributed by atoms with Gasteiger partial charge in [-0.15, -0.1) is 0 Å². The van der Waals surface area contributed by atoms with Crippen LogP contribution in [0.5, 0.6) is 0 Å². The first-order valence-corrected chi connectivity index (χ1v) is 7.82. The molecule has 0 radical (unpaired) electrons. The van der Waals surface area contributed by atoms with Crippen molar-refractivity contribution >= 4 is 27.5 Å². The van der Waals surface area contributed by atoms with Gasteiger partial charge >= 0.3 is 0 Å². The summed E-state index contributed by atoms with van der Waals surface area (Å²) < 4.78 is 0.939. The molecule has 0 fully saturated rings. The smallest absolute Gasteiger partial charge is 0.238 e. The first kappa shape index (κ1) is 17.1. The van der Waals surface area contributed by atoms with E-state index in [4.69, 9.17) is 5.11 Å². The molecule has 1 aromatic rings. The van der Waals surface area contributed by atoms with Gasteiger partial charge in [0.25, 0.3) is 0 Å². The number of aliphatic hydroxyl groups is 1. The molecule has 0 aromatic heterocycles. The van der Waals surface area contributed by atoms with Gasteiger partial charge in [0.05, 0.1) is 6.54 Å². The second-order valence-corrected chi connectivity index (χ2v) is 5.77. The summed E-state index contributed by atoms with van der Waals surface area (Å²) in [5, 5.41) is 15.0. The summed E-state index contributed by atoms with van der Waals surface area (Å²) in [7, 11) is 0. The van der Waals surface area contributed by atoms with Gasteiger partial charge in [0.1, 0.15) is 0 Å². The van der Waals surface area contributed by atoms with E-state index in [-0.39, 0.29) is 19.1 Å². The van der Waals surface area contributed by atoms with Crippen LogP contribution in [-0.2, 0) is 4.79 Å². The van der Waals surface area contributed by atoms with E-state index < -0.39 is 0 Å². The molecule has 1 aromatic carbocycles. The summed E-state index contributed by atoms with van der Waals surface area (Å²) in [4.78, 5) is 11.8. The molecule has 20 heavy (non-hydrogen) atoms. The normalized spacial score (nSPS) is 12.2. The third kappa shape index (κ3) is 7.03. The molecule has 0 heterocycles. The van der Waals surface area contributed by atoms with Gasteiger partial charge in [-0.2, -0.15) is 0 Å². The first-order chi connectivity index (χ1) is 9.65. The highest BCUT2D eigenvalue weighted by Gasteiger charge is 2.08. The number of benzene rings is 1. The van der Waals surface area contributed by atoms with E-state index in [0.29, 0.717) is 5.92 Å². The third-order valence-electron chi connectivity index (χ3n) is 3.06. The van der Waals surface area contributed by atoms with E-state index in [0.717, 1.165) is 36.0 Å². The van der Waals surface area contributed by atoms with Crippen molar-refractivity contribution in [1.82, 2.24) is 5.32 Å². The minimum absolute atomic E-state index is 0.0534. The minimum atomic E-state index is -0.0534. The van der Waals surface area contributed by atoms with Crippen LogP contribution in [0.3, 0.4) is 0 Å². The number of carbonyl (C=O) groups is 1. The Bertz CT molecular complexity index is 407. The predicted molar refractivity (Wildman–Crippen MR) is 85.7 cm³/mol. The van der Waals surface area contributed by atoms with Crippen molar-refractivity contribution in [2.24, 2.45) is 5.92 Å². The Hall–Kier alpha value is -0.910. The third-order valence-corrected chi connectivity index (χ3v) is 3.55. The second kappa shape index (κ2) is 9.91. The zero-order chi connectivity index (χ0) is 14.8. The van der Waals surface area contributed by atoms with Crippen LogP contribution in [0.25, 0.3) is 0 Å². The van der Waals surface area contributed by atoms with Crippen LogP contribution in [0.15, 0.2) is 28.7 Å². The van der Waals surface area contributed by atoms with Gasteiger partial charge in [0, 0.05) is 16.8 Å². The molecule has 5 heteroatoms. The van der Waals surface area contributed by atoms with Crippen LogP contribution in [0, 0.1) is 5.92 Å². The molecule has 1 atom stereocenters. The quantitative estimate of drug-likeness (QED) is 0.646. The maximum absolute atomic E-state index is 11.8. The van der Waals surface area contributed by atoms with E-state index in [1.54, 1.807) is 0 Å².